The van der Waals surface area contributed by atoms with Crippen molar-refractivity contribution in [3.8, 4) is 0 Å². The van der Waals surface area contributed by atoms with Crippen molar-refractivity contribution in [1.82, 2.24) is 0 Å². The number of benzene rings is 7. The fraction of sp³-hybridized carbons (Fsp3) is 0. The smallest absolute Gasteiger partial charge is 0 e. The van der Waals surface area contributed by atoms with Crippen molar-refractivity contribution in [1.29, 1.82) is 0 Å². The Morgan fingerprint density at radius 2 is 0.840 bits per heavy atom. The van der Waals surface area contributed by atoms with Crippen LogP contribution in [0.15, 0.2) is 199 Å². The third-order valence-corrected chi connectivity index (χ3v) is 23.4. The number of anilines is 1. The van der Waals surface area contributed by atoms with Crippen LogP contribution in [0.5, 0.6) is 0 Å². The molecule has 0 aliphatic rings. The molecule has 249 valence electrons. The second-order valence-electron chi connectivity index (χ2n) is 11.6. The van der Waals surface area contributed by atoms with Crippen LogP contribution in [0.1, 0.15) is 0 Å². The molecule has 0 aliphatic carbocycles. The first-order chi connectivity index (χ1) is 23.9. The zero-order valence-electron chi connectivity index (χ0n) is 26.7. The van der Waals surface area contributed by atoms with Gasteiger partial charge in [0.25, 0.3) is 0 Å². The van der Waals surface area contributed by atoms with E-state index in [0.717, 1.165) is 42.0 Å². The fourth-order valence-electron chi connectivity index (χ4n) is 6.88. The van der Waals surface area contributed by atoms with Crippen molar-refractivity contribution in [2.75, 3.05) is 4.44 Å². The Kier molecular flexibility index (Phi) is 11.4. The van der Waals surface area contributed by atoms with Gasteiger partial charge in [0.2, 0.25) is 0 Å². The van der Waals surface area contributed by atoms with E-state index in [1.807, 2.05) is 24.3 Å². The van der Waals surface area contributed by atoms with Crippen molar-refractivity contribution >= 4 is 101 Å². The van der Waals surface area contributed by atoms with Crippen LogP contribution >= 0.6 is 63.9 Å². The van der Waals surface area contributed by atoms with Crippen molar-refractivity contribution in [3.05, 3.63) is 209 Å². The van der Waals surface area contributed by atoms with Crippen molar-refractivity contribution < 1.29 is 20.1 Å². The molecule has 0 aromatic heterocycles. The molecule has 0 N–H and O–H groups in total. The maximum absolute atomic E-state index is 9.25. The summed E-state index contributed by atoms with van der Waals surface area (Å²) in [5.41, 5.74) is 0.949. The molecule has 7 rings (SSSR count). The van der Waals surface area contributed by atoms with Gasteiger partial charge in [0.15, 0.2) is 0 Å². The summed E-state index contributed by atoms with van der Waals surface area (Å²) >= 11 is 27.5. The number of nitrogens with zero attached hydrogens (tertiary/aromatic N) is 1. The first-order valence-electron chi connectivity index (χ1n) is 15.8. The molecule has 50 heavy (non-hydrogen) atoms. The summed E-state index contributed by atoms with van der Waals surface area (Å²) in [5, 5.41) is 6.98. The van der Waals surface area contributed by atoms with Crippen LogP contribution in [0.4, 0.5) is 5.69 Å². The largest absolute Gasteiger partial charge is 0 e. The summed E-state index contributed by atoms with van der Waals surface area (Å²) in [6.45, 7) is 0. The van der Waals surface area contributed by atoms with E-state index in [0.29, 0.717) is 10.0 Å². The van der Waals surface area contributed by atoms with Crippen molar-refractivity contribution in [3.63, 3.8) is 0 Å². The van der Waals surface area contributed by atoms with Gasteiger partial charge in [-0.25, -0.2) is 0 Å². The minimum Gasteiger partial charge on any atom is 0 e. The Bertz CT molecular complexity index is 2040. The zero-order chi connectivity index (χ0) is 33.9. The summed E-state index contributed by atoms with van der Waals surface area (Å²) < 4.78 is 3.56. The van der Waals surface area contributed by atoms with Crippen molar-refractivity contribution in [2.24, 2.45) is 0 Å². The molecule has 1 radical (unpaired) electrons. The Morgan fingerprint density at radius 3 is 1.24 bits per heavy atom. The van der Waals surface area contributed by atoms with Gasteiger partial charge in [0.1, 0.15) is 0 Å². The molecule has 0 saturated heterocycles. The Hall–Kier alpha value is -2.80. The van der Waals surface area contributed by atoms with Gasteiger partial charge < -0.3 is 0 Å². The van der Waals surface area contributed by atoms with Crippen LogP contribution in [0, 0.1) is 0 Å². The van der Waals surface area contributed by atoms with Gasteiger partial charge in [-0.05, 0) is 0 Å². The first kappa shape index (κ1) is 37.0. The second-order valence-corrected chi connectivity index (χ2v) is 22.7. The molecule has 0 heterocycles. The zero-order valence-corrected chi connectivity index (χ0v) is 34.2. The SMILES string of the molecule is Clc1cccc(P(Cl)(c2ccccc2)(c2ccccc2)N(c2ccc(Br)cc2)[P+](c2ccccc2)(c2ccccc2)c2ccccc2)c1Cl.[Tc]. The van der Waals surface area contributed by atoms with Crippen LogP contribution in [0.3, 0.4) is 0 Å². The molecule has 0 fully saturated rings. The third-order valence-electron chi connectivity index (χ3n) is 8.91. The molecule has 0 unspecified atom stereocenters. The molecule has 0 aliphatic heterocycles. The van der Waals surface area contributed by atoms with E-state index in [1.54, 1.807) is 0 Å². The van der Waals surface area contributed by atoms with Gasteiger partial charge in [-0.15, -0.1) is 0 Å². The molecule has 7 aromatic rings. The third kappa shape index (κ3) is 6.01. The summed E-state index contributed by atoms with van der Waals surface area (Å²) in [6, 6.07) is 67.7. The maximum Gasteiger partial charge on any atom is 0 e. The van der Waals surface area contributed by atoms with E-state index in [4.69, 9.17) is 23.2 Å². The topological polar surface area (TPSA) is 3.24 Å². The molecule has 0 amide bonds. The fourth-order valence-corrected chi connectivity index (χ4v) is 22.4. The van der Waals surface area contributed by atoms with Crippen molar-refractivity contribution in [2.45, 2.75) is 0 Å². The van der Waals surface area contributed by atoms with Crippen LogP contribution in [-0.4, -0.2) is 0 Å². The molecule has 0 spiro atoms. The monoisotopic (exact) mass is 893 g/mol. The van der Waals surface area contributed by atoms with E-state index in [2.05, 4.69) is 190 Å². The Morgan fingerprint density at radius 1 is 0.460 bits per heavy atom. The predicted molar refractivity (Wildman–Crippen MR) is 223 cm³/mol. The molecular weight excluding hydrogens is 865 g/mol. The molecule has 0 atom stereocenters. The number of hydrogen-bond donors (Lipinski definition) is 0. The quantitative estimate of drug-likeness (QED) is 0.131. The first-order valence-corrected chi connectivity index (χ1v) is 22.2. The van der Waals surface area contributed by atoms with E-state index in [9.17, 15) is 11.2 Å². The molecule has 7 aromatic carbocycles. The van der Waals surface area contributed by atoms with Gasteiger partial charge in [-0.1, -0.05) is 0 Å². The standard InChI is InChI=1S/C42H32BrCl3NP2.Tc/c43-33-29-31-34(32-30-33)47(48(35-17-6-1-7-18-35,36-19-8-2-9-20-36)37-21-10-3-11-22-37)49(46,38-23-12-4-13-24-38,39-25-14-5-15-26-39)41-28-16-27-40(44)42(41)45;/h1-32H;/q+1;. The van der Waals surface area contributed by atoms with Crippen LogP contribution in [0.2, 0.25) is 10.0 Å². The van der Waals surface area contributed by atoms with Gasteiger partial charge in [-0.3, -0.25) is 0 Å². The van der Waals surface area contributed by atoms with Gasteiger partial charge in [0.05, 0.1) is 0 Å². The Balaban J connectivity index is 0.00000432. The summed E-state index contributed by atoms with van der Waals surface area (Å²) in [7, 11) is -2.98. The van der Waals surface area contributed by atoms with E-state index in [-0.39, 0.29) is 20.1 Å². The van der Waals surface area contributed by atoms with Gasteiger partial charge in [-0.2, -0.15) is 0 Å². The van der Waals surface area contributed by atoms with Crippen LogP contribution in [-0.2, 0) is 20.1 Å². The number of rotatable bonds is 9. The number of halogens is 4. The average Bonchev–Trinajstić information content (AvgIpc) is 3.17. The minimum absolute atomic E-state index is 0. The summed E-state index contributed by atoms with van der Waals surface area (Å²) in [5.74, 6) is 0. The van der Waals surface area contributed by atoms with Crippen LogP contribution in [0.25, 0.3) is 0 Å². The molecule has 8 heteroatoms. The van der Waals surface area contributed by atoms with Gasteiger partial charge >= 0.3 is 314 Å². The van der Waals surface area contributed by atoms with E-state index in [1.165, 1.54) is 0 Å². The van der Waals surface area contributed by atoms with Gasteiger partial charge in [0, 0.05) is 20.1 Å². The molecule has 1 nitrogen and oxygen atoms in total. The number of hydrogen-bond acceptors (Lipinski definition) is 1. The second kappa shape index (κ2) is 15.4. The maximum atomic E-state index is 9.25. The summed E-state index contributed by atoms with van der Waals surface area (Å²) in [4.78, 5) is 0. The molecule has 0 saturated carbocycles. The van der Waals surface area contributed by atoms with Crippen LogP contribution < -0.4 is 36.3 Å². The Labute approximate surface area is 331 Å². The minimum atomic E-state index is -4.51. The van der Waals surface area contributed by atoms with E-state index >= 15 is 0 Å². The summed E-state index contributed by atoms with van der Waals surface area (Å²) in [6.07, 6.45) is -4.51. The van der Waals surface area contributed by atoms with E-state index < -0.39 is 13.5 Å². The molecular formula is C42H32BrCl3NP2Tc+. The molecule has 0 bridgehead atoms. The normalized spacial score (nSPS) is 12.3. The average molecular weight is 897 g/mol. The predicted octanol–water partition coefficient (Wildman–Crippen LogP) is 11.1.